The van der Waals surface area contributed by atoms with Gasteiger partial charge >= 0.3 is 5.97 Å². The van der Waals surface area contributed by atoms with Crippen LogP contribution in [0.3, 0.4) is 0 Å². The zero-order valence-corrected chi connectivity index (χ0v) is 11.1. The van der Waals surface area contributed by atoms with Crippen LogP contribution in [-0.2, 0) is 9.53 Å². The first-order chi connectivity index (χ1) is 8.61. The molecule has 1 N–H and O–H groups in total. The molecule has 4 nitrogen and oxygen atoms in total. The summed E-state index contributed by atoms with van der Waals surface area (Å²) in [6, 6.07) is 5.94. The number of ether oxygens (including phenoxy) is 2. The van der Waals surface area contributed by atoms with E-state index in [4.69, 9.17) is 9.47 Å². The lowest BCUT2D eigenvalue weighted by molar-refractivity contribution is -0.146. The second kappa shape index (κ2) is 4.88. The van der Waals surface area contributed by atoms with Gasteiger partial charge in [0.05, 0.1) is 25.3 Å². The van der Waals surface area contributed by atoms with Crippen molar-refractivity contribution in [3.8, 4) is 5.75 Å². The number of esters is 1. The van der Waals surface area contributed by atoms with Crippen molar-refractivity contribution in [3.05, 3.63) is 23.8 Å². The zero-order chi connectivity index (χ0) is 13.2. The summed E-state index contributed by atoms with van der Waals surface area (Å²) in [5, 5.41) is 3.30. The van der Waals surface area contributed by atoms with E-state index in [-0.39, 0.29) is 11.4 Å². The molecule has 18 heavy (non-hydrogen) atoms. The van der Waals surface area contributed by atoms with Gasteiger partial charge in [0.25, 0.3) is 0 Å². The van der Waals surface area contributed by atoms with Crippen molar-refractivity contribution in [1.29, 1.82) is 0 Å². The molecule has 0 aromatic heterocycles. The second-order valence-corrected chi connectivity index (χ2v) is 4.83. The highest BCUT2D eigenvalue weighted by molar-refractivity contribution is 5.80. The van der Waals surface area contributed by atoms with Gasteiger partial charge in [-0.25, -0.2) is 0 Å². The summed E-state index contributed by atoms with van der Waals surface area (Å²) in [4.78, 5) is 11.6. The molecule has 98 valence electrons. The van der Waals surface area contributed by atoms with E-state index in [0.29, 0.717) is 6.54 Å². The summed E-state index contributed by atoms with van der Waals surface area (Å²) in [6.45, 7) is 2.62. The molecule has 0 spiro atoms. The van der Waals surface area contributed by atoms with E-state index >= 15 is 0 Å². The number of hydrogen-bond acceptors (Lipinski definition) is 4. The quantitative estimate of drug-likeness (QED) is 0.814. The van der Waals surface area contributed by atoms with Crippen LogP contribution >= 0.6 is 0 Å². The molecular formula is C14H19NO3. The fraction of sp³-hybridized carbons (Fsp3) is 0.500. The van der Waals surface area contributed by atoms with Crippen molar-refractivity contribution in [2.45, 2.75) is 19.8 Å². The molecule has 0 aliphatic heterocycles. The Hall–Kier alpha value is -1.71. The zero-order valence-electron chi connectivity index (χ0n) is 11.1. The smallest absolute Gasteiger partial charge is 0.313 e. The summed E-state index contributed by atoms with van der Waals surface area (Å²) in [5.41, 5.74) is 1.75. The first-order valence-electron chi connectivity index (χ1n) is 6.08. The average Bonchev–Trinajstić information content (AvgIpc) is 3.17. The normalized spacial score (nSPS) is 15.9. The summed E-state index contributed by atoms with van der Waals surface area (Å²) >= 11 is 0. The minimum Gasteiger partial charge on any atom is -0.495 e. The van der Waals surface area contributed by atoms with Gasteiger partial charge in [-0.05, 0) is 37.5 Å². The van der Waals surface area contributed by atoms with Gasteiger partial charge < -0.3 is 14.8 Å². The maximum Gasteiger partial charge on any atom is 0.313 e. The fourth-order valence-electron chi connectivity index (χ4n) is 2.04. The molecule has 0 amide bonds. The molecular weight excluding hydrogens is 230 g/mol. The van der Waals surface area contributed by atoms with E-state index in [1.54, 1.807) is 7.11 Å². The molecule has 2 rings (SSSR count). The Bertz CT molecular complexity index is 452. The minimum atomic E-state index is -0.330. The first-order valence-corrected chi connectivity index (χ1v) is 6.08. The number of methoxy groups -OCH3 is 2. The van der Waals surface area contributed by atoms with Crippen LogP contribution in [0.5, 0.6) is 5.75 Å². The van der Waals surface area contributed by atoms with Crippen LogP contribution in [0.25, 0.3) is 0 Å². The molecule has 0 heterocycles. The SMILES string of the molecule is COC(=O)C1(CNc2cc(C)ccc2OC)CC1. The van der Waals surface area contributed by atoms with Crippen molar-refractivity contribution in [3.63, 3.8) is 0 Å². The van der Waals surface area contributed by atoms with Crippen LogP contribution in [0.4, 0.5) is 5.69 Å². The highest BCUT2D eigenvalue weighted by Crippen LogP contribution is 2.47. The predicted molar refractivity (Wildman–Crippen MR) is 69.9 cm³/mol. The molecule has 1 fully saturated rings. The summed E-state index contributed by atoms with van der Waals surface area (Å²) in [5.74, 6) is 0.669. The highest BCUT2D eigenvalue weighted by atomic mass is 16.5. The Kier molecular flexibility index (Phi) is 3.45. The largest absolute Gasteiger partial charge is 0.495 e. The van der Waals surface area contributed by atoms with Crippen LogP contribution < -0.4 is 10.1 Å². The van der Waals surface area contributed by atoms with Crippen LogP contribution in [0.2, 0.25) is 0 Å². The first kappa shape index (κ1) is 12.7. The highest BCUT2D eigenvalue weighted by Gasteiger charge is 2.50. The predicted octanol–water partition coefficient (Wildman–Crippen LogP) is 2.37. The van der Waals surface area contributed by atoms with Gasteiger partial charge in [-0.1, -0.05) is 6.07 Å². The van der Waals surface area contributed by atoms with E-state index in [1.807, 2.05) is 25.1 Å². The topological polar surface area (TPSA) is 47.6 Å². The second-order valence-electron chi connectivity index (χ2n) is 4.83. The van der Waals surface area contributed by atoms with Crippen LogP contribution in [-0.4, -0.2) is 26.7 Å². The van der Waals surface area contributed by atoms with E-state index in [1.165, 1.54) is 7.11 Å². The number of benzene rings is 1. The van der Waals surface area contributed by atoms with E-state index in [2.05, 4.69) is 5.32 Å². The van der Waals surface area contributed by atoms with Crippen molar-refractivity contribution in [2.24, 2.45) is 5.41 Å². The molecule has 1 aromatic carbocycles. The Morgan fingerprint density at radius 1 is 1.39 bits per heavy atom. The number of nitrogens with one attached hydrogen (secondary N) is 1. The molecule has 0 unspecified atom stereocenters. The van der Waals surface area contributed by atoms with Crippen molar-refractivity contribution < 1.29 is 14.3 Å². The van der Waals surface area contributed by atoms with E-state index in [0.717, 1.165) is 29.8 Å². The lowest BCUT2D eigenvalue weighted by atomic mass is 10.1. The molecule has 1 aliphatic rings. The van der Waals surface area contributed by atoms with E-state index in [9.17, 15) is 4.79 Å². The van der Waals surface area contributed by atoms with Gasteiger partial charge in [-0.15, -0.1) is 0 Å². The standard InChI is InChI=1S/C14H19NO3/c1-10-4-5-12(17-2)11(8-10)15-9-14(6-7-14)13(16)18-3/h4-5,8,15H,6-7,9H2,1-3H3. The average molecular weight is 249 g/mol. The van der Waals surface area contributed by atoms with Gasteiger partial charge in [0, 0.05) is 6.54 Å². The van der Waals surface area contributed by atoms with Gasteiger partial charge in [-0.3, -0.25) is 4.79 Å². The van der Waals surface area contributed by atoms with Crippen molar-refractivity contribution in [1.82, 2.24) is 0 Å². The third kappa shape index (κ3) is 2.42. The molecule has 1 saturated carbocycles. The van der Waals surface area contributed by atoms with Gasteiger partial charge in [0.2, 0.25) is 0 Å². The van der Waals surface area contributed by atoms with Crippen molar-refractivity contribution >= 4 is 11.7 Å². The number of rotatable bonds is 5. The van der Waals surface area contributed by atoms with Crippen LogP contribution in [0, 0.1) is 12.3 Å². The lowest BCUT2D eigenvalue weighted by Gasteiger charge is -2.16. The van der Waals surface area contributed by atoms with Gasteiger partial charge in [0.15, 0.2) is 0 Å². The Balaban J connectivity index is 2.06. The molecule has 4 heteroatoms. The Morgan fingerprint density at radius 3 is 2.67 bits per heavy atom. The number of carbonyl (C=O) groups excluding carboxylic acids is 1. The molecule has 0 radical (unpaired) electrons. The minimum absolute atomic E-state index is 0.124. The summed E-state index contributed by atoms with van der Waals surface area (Å²) in [6.07, 6.45) is 1.78. The third-order valence-electron chi connectivity index (χ3n) is 3.44. The van der Waals surface area contributed by atoms with Crippen LogP contribution in [0.1, 0.15) is 18.4 Å². The summed E-state index contributed by atoms with van der Waals surface area (Å²) < 4.78 is 10.1. The fourth-order valence-corrected chi connectivity index (χ4v) is 2.04. The third-order valence-corrected chi connectivity index (χ3v) is 3.44. The molecule has 0 bridgehead atoms. The molecule has 0 saturated heterocycles. The van der Waals surface area contributed by atoms with Gasteiger partial charge in [0.1, 0.15) is 5.75 Å². The Labute approximate surface area is 107 Å². The number of anilines is 1. The number of carbonyl (C=O) groups is 1. The molecule has 1 aliphatic carbocycles. The lowest BCUT2D eigenvalue weighted by Crippen LogP contribution is -2.26. The van der Waals surface area contributed by atoms with Crippen LogP contribution in [0.15, 0.2) is 18.2 Å². The number of aryl methyl sites for hydroxylation is 1. The maximum absolute atomic E-state index is 11.6. The van der Waals surface area contributed by atoms with Gasteiger partial charge in [-0.2, -0.15) is 0 Å². The van der Waals surface area contributed by atoms with Crippen molar-refractivity contribution in [2.75, 3.05) is 26.1 Å². The van der Waals surface area contributed by atoms with E-state index < -0.39 is 0 Å². The molecule has 1 aromatic rings. The summed E-state index contributed by atoms with van der Waals surface area (Å²) in [7, 11) is 3.08. The Morgan fingerprint density at radius 2 is 2.11 bits per heavy atom. The monoisotopic (exact) mass is 249 g/mol. The maximum atomic E-state index is 11.6. The molecule has 0 atom stereocenters. The number of hydrogen-bond donors (Lipinski definition) is 1.